The zero-order valence-electron chi connectivity index (χ0n) is 15.2. The van der Waals surface area contributed by atoms with Crippen LogP contribution in [0.2, 0.25) is 5.32 Å². The molecule has 0 aliphatic carbocycles. The van der Waals surface area contributed by atoms with Gasteiger partial charge in [-0.2, -0.15) is 0 Å². The summed E-state index contributed by atoms with van der Waals surface area (Å²) in [6, 6.07) is 19.2. The van der Waals surface area contributed by atoms with E-state index in [1.807, 2.05) is 0 Å². The third-order valence-electron chi connectivity index (χ3n) is 4.09. The van der Waals surface area contributed by atoms with E-state index >= 15 is 0 Å². The number of rotatable bonds is 7. The van der Waals surface area contributed by atoms with Crippen molar-refractivity contribution in [2.45, 2.75) is 5.32 Å². The molecule has 0 aliphatic rings. The Hall–Kier alpha value is -3.41. The average molecular weight is 454 g/mol. The van der Waals surface area contributed by atoms with Crippen molar-refractivity contribution in [2.24, 2.45) is 0 Å². The predicted molar refractivity (Wildman–Crippen MR) is 110 cm³/mol. The molecule has 1 amide bonds. The second-order valence-electron chi connectivity index (χ2n) is 6.06. The first-order valence-electron chi connectivity index (χ1n) is 8.63. The summed E-state index contributed by atoms with van der Waals surface area (Å²) in [7, 11) is 0. The van der Waals surface area contributed by atoms with Crippen molar-refractivity contribution in [3.05, 3.63) is 89.5 Å². The van der Waals surface area contributed by atoms with Crippen LogP contribution in [-0.2, 0) is 0 Å². The summed E-state index contributed by atoms with van der Waals surface area (Å²) in [6.07, 6.45) is 0. The van der Waals surface area contributed by atoms with Gasteiger partial charge in [-0.1, -0.05) is 0 Å². The summed E-state index contributed by atoms with van der Waals surface area (Å²) < 4.78 is 0.748. The van der Waals surface area contributed by atoms with Gasteiger partial charge in [0.2, 0.25) is 0 Å². The molecule has 0 fully saturated rings. The molecule has 7 heteroatoms. The first-order valence-corrected chi connectivity index (χ1v) is 10.7. The number of aromatic carboxylic acids is 1. The Bertz CT molecular complexity index is 1060. The fourth-order valence-electron chi connectivity index (χ4n) is 2.62. The van der Waals surface area contributed by atoms with Crippen LogP contribution in [0.5, 0.6) is 5.75 Å². The molecular formula is C22H17NO5Se. The zero-order chi connectivity index (χ0) is 20.8. The Morgan fingerprint density at radius 3 is 2.14 bits per heavy atom. The number of amides is 1. The van der Waals surface area contributed by atoms with E-state index in [1.54, 1.807) is 48.5 Å². The number of benzene rings is 3. The number of Topliss-reactive ketones (excluding diaryl/α,β-unsaturated/α-hetero) is 1. The Kier molecular flexibility index (Phi) is 6.44. The fraction of sp³-hybridized carbons (Fsp3) is 0.0455. The minimum atomic E-state index is -1.13. The number of hydrogen-bond acceptors (Lipinski definition) is 4. The van der Waals surface area contributed by atoms with Crippen LogP contribution in [0.4, 0.5) is 5.69 Å². The number of hydrogen-bond donors (Lipinski definition) is 3. The van der Waals surface area contributed by atoms with E-state index in [2.05, 4.69) is 5.32 Å². The molecule has 0 radical (unpaired) electrons. The molecule has 0 aliphatic heterocycles. The topological polar surface area (TPSA) is 104 Å². The third kappa shape index (κ3) is 5.10. The zero-order valence-corrected chi connectivity index (χ0v) is 16.9. The second-order valence-corrected chi connectivity index (χ2v) is 8.19. The molecule has 3 aromatic rings. The minimum absolute atomic E-state index is 0.00588. The summed E-state index contributed by atoms with van der Waals surface area (Å²) >= 11 is -0.296. The summed E-state index contributed by atoms with van der Waals surface area (Å²) in [5.41, 5.74) is 1.13. The van der Waals surface area contributed by atoms with Crippen LogP contribution in [0.25, 0.3) is 0 Å². The first kappa shape index (κ1) is 20.3. The van der Waals surface area contributed by atoms with Gasteiger partial charge >= 0.3 is 173 Å². The molecule has 3 N–H and O–H groups in total. The molecule has 0 unspecified atom stereocenters. The monoisotopic (exact) mass is 455 g/mol. The van der Waals surface area contributed by atoms with Crippen LogP contribution in [-0.4, -0.2) is 42.8 Å². The van der Waals surface area contributed by atoms with Crippen LogP contribution in [0.1, 0.15) is 31.1 Å². The number of aromatic hydroxyl groups is 1. The number of ketones is 1. The van der Waals surface area contributed by atoms with Gasteiger partial charge in [-0.15, -0.1) is 0 Å². The SMILES string of the molecule is O=C(C[Se]c1ccccc1C(=O)Nc1ccccc1C(=O)O)c1ccc(O)cc1. The molecule has 29 heavy (non-hydrogen) atoms. The van der Waals surface area contributed by atoms with Gasteiger partial charge in [-0.25, -0.2) is 0 Å². The predicted octanol–water partition coefficient (Wildman–Crippen LogP) is 2.97. The van der Waals surface area contributed by atoms with Crippen molar-refractivity contribution in [1.29, 1.82) is 0 Å². The Morgan fingerprint density at radius 2 is 1.45 bits per heavy atom. The Balaban J connectivity index is 1.75. The van der Waals surface area contributed by atoms with Crippen molar-refractivity contribution >= 4 is 42.8 Å². The molecule has 0 saturated carbocycles. The van der Waals surface area contributed by atoms with Crippen LogP contribution in [0, 0.1) is 0 Å². The second kappa shape index (κ2) is 9.19. The van der Waals surface area contributed by atoms with Crippen LogP contribution in [0.3, 0.4) is 0 Å². The molecule has 3 aromatic carbocycles. The number of para-hydroxylation sites is 1. The molecule has 0 saturated heterocycles. The normalized spacial score (nSPS) is 10.3. The number of phenols is 1. The summed E-state index contributed by atoms with van der Waals surface area (Å²) in [4.78, 5) is 36.5. The van der Waals surface area contributed by atoms with E-state index in [1.165, 1.54) is 24.3 Å². The number of carbonyl (C=O) groups excluding carboxylic acids is 2. The van der Waals surface area contributed by atoms with Crippen molar-refractivity contribution in [2.75, 3.05) is 5.32 Å². The average Bonchev–Trinajstić information content (AvgIpc) is 2.73. The van der Waals surface area contributed by atoms with Gasteiger partial charge in [0.25, 0.3) is 0 Å². The van der Waals surface area contributed by atoms with E-state index in [0.717, 1.165) is 4.46 Å². The van der Waals surface area contributed by atoms with Crippen molar-refractivity contribution in [3.8, 4) is 5.75 Å². The van der Waals surface area contributed by atoms with Crippen molar-refractivity contribution in [1.82, 2.24) is 0 Å². The molecule has 6 nitrogen and oxygen atoms in total. The number of carboxylic acids is 1. The number of carbonyl (C=O) groups is 3. The number of phenolic OH excluding ortho intramolecular Hbond substituents is 1. The molecule has 0 atom stereocenters. The molecule has 146 valence electrons. The van der Waals surface area contributed by atoms with E-state index in [0.29, 0.717) is 11.1 Å². The summed E-state index contributed by atoms with van der Waals surface area (Å²) in [6.45, 7) is 0. The van der Waals surface area contributed by atoms with Crippen molar-refractivity contribution in [3.63, 3.8) is 0 Å². The van der Waals surface area contributed by atoms with Gasteiger partial charge < -0.3 is 0 Å². The van der Waals surface area contributed by atoms with Crippen LogP contribution in [0.15, 0.2) is 72.8 Å². The summed E-state index contributed by atoms with van der Waals surface area (Å²) in [5.74, 6) is -1.53. The molecular weight excluding hydrogens is 437 g/mol. The van der Waals surface area contributed by atoms with E-state index in [9.17, 15) is 24.6 Å². The van der Waals surface area contributed by atoms with Crippen molar-refractivity contribution < 1.29 is 24.6 Å². The van der Waals surface area contributed by atoms with Gasteiger partial charge in [-0.3, -0.25) is 0 Å². The molecule has 0 bridgehead atoms. The molecule has 3 rings (SSSR count). The number of nitrogens with one attached hydrogen (secondary N) is 1. The van der Waals surface area contributed by atoms with Gasteiger partial charge in [0, 0.05) is 0 Å². The van der Waals surface area contributed by atoms with Gasteiger partial charge in [0.15, 0.2) is 0 Å². The van der Waals surface area contributed by atoms with Gasteiger partial charge in [0.1, 0.15) is 0 Å². The Morgan fingerprint density at radius 1 is 0.828 bits per heavy atom. The molecule has 0 spiro atoms. The fourth-order valence-corrected chi connectivity index (χ4v) is 4.60. The standard InChI is InChI=1S/C22H17NO5Se/c24-15-11-9-14(10-12-15)19(25)13-29-20-8-4-2-6-17(20)21(26)23-18-7-3-1-5-16(18)22(27)28/h1-12,24H,13H2,(H,23,26)(H,27,28). The molecule has 0 aromatic heterocycles. The van der Waals surface area contributed by atoms with E-state index in [4.69, 9.17) is 0 Å². The van der Waals surface area contributed by atoms with Crippen LogP contribution >= 0.6 is 0 Å². The maximum absolute atomic E-state index is 12.8. The molecule has 0 heterocycles. The number of anilines is 1. The summed E-state index contributed by atoms with van der Waals surface area (Å²) in [5, 5.41) is 21.5. The van der Waals surface area contributed by atoms with E-state index < -0.39 is 11.9 Å². The third-order valence-corrected chi connectivity index (χ3v) is 6.34. The van der Waals surface area contributed by atoms with Gasteiger partial charge in [0.05, 0.1) is 0 Å². The van der Waals surface area contributed by atoms with Crippen LogP contribution < -0.4 is 9.78 Å². The Labute approximate surface area is 173 Å². The van der Waals surface area contributed by atoms with E-state index in [-0.39, 0.29) is 43.1 Å². The maximum atomic E-state index is 12.8. The quantitative estimate of drug-likeness (QED) is 0.376. The number of carboxylic acid groups (broad SMARTS) is 1. The van der Waals surface area contributed by atoms with Gasteiger partial charge in [-0.05, 0) is 0 Å². The first-order chi connectivity index (χ1) is 14.0.